The molecule has 5 nitrogen and oxygen atoms in total. The Labute approximate surface area is 111 Å². The van der Waals surface area contributed by atoms with Crippen LogP contribution in [0.5, 0.6) is 0 Å². The van der Waals surface area contributed by atoms with Crippen LogP contribution in [0, 0.1) is 6.92 Å². The van der Waals surface area contributed by atoms with Crippen LogP contribution < -0.4 is 5.56 Å². The van der Waals surface area contributed by atoms with Crippen molar-refractivity contribution >= 4 is 38.1 Å². The number of nitrogens with zero attached hydrogens (tertiary/aromatic N) is 4. The van der Waals surface area contributed by atoms with Crippen LogP contribution in [0.3, 0.4) is 0 Å². The van der Waals surface area contributed by atoms with Crippen LogP contribution >= 0.6 is 11.3 Å². The zero-order chi connectivity index (χ0) is 13.0. The maximum absolute atomic E-state index is 12.3. The Morgan fingerprint density at radius 3 is 3.05 bits per heavy atom. The summed E-state index contributed by atoms with van der Waals surface area (Å²) in [5, 5.41) is 5.41. The molecule has 0 radical (unpaired) electrons. The quantitative estimate of drug-likeness (QED) is 0.458. The maximum Gasteiger partial charge on any atom is 0.284 e. The van der Waals surface area contributed by atoms with Gasteiger partial charge in [0, 0.05) is 11.6 Å². The van der Waals surface area contributed by atoms with E-state index in [1.54, 1.807) is 11.7 Å². The third-order valence-corrected chi connectivity index (χ3v) is 3.80. The minimum atomic E-state index is -0.169. The first-order valence-corrected chi connectivity index (χ1v) is 6.63. The molecule has 0 bridgehead atoms. The van der Waals surface area contributed by atoms with Gasteiger partial charge >= 0.3 is 0 Å². The lowest BCUT2D eigenvalue weighted by Gasteiger charge is -2.03. The summed E-state index contributed by atoms with van der Waals surface area (Å²) in [6, 6.07) is 5.95. The van der Waals surface area contributed by atoms with E-state index in [4.69, 9.17) is 0 Å². The molecule has 0 spiro atoms. The fraction of sp³-hybridized carbons (Fsp3) is 0.0769. The molecule has 4 rings (SSSR count). The van der Waals surface area contributed by atoms with Gasteiger partial charge in [0.25, 0.3) is 5.56 Å². The Kier molecular flexibility index (Phi) is 1.99. The third kappa shape index (κ3) is 1.40. The van der Waals surface area contributed by atoms with E-state index in [9.17, 15) is 4.79 Å². The van der Waals surface area contributed by atoms with E-state index in [-0.39, 0.29) is 5.56 Å². The van der Waals surface area contributed by atoms with Crippen LogP contribution in [0.15, 0.2) is 34.7 Å². The monoisotopic (exact) mass is 268 g/mol. The summed E-state index contributed by atoms with van der Waals surface area (Å²) in [6.07, 6.45) is 1.58. The summed E-state index contributed by atoms with van der Waals surface area (Å²) in [5.74, 6) is 0. The van der Waals surface area contributed by atoms with Crippen molar-refractivity contribution in [3.05, 3.63) is 45.8 Å². The molecule has 0 aliphatic carbocycles. The summed E-state index contributed by atoms with van der Waals surface area (Å²) in [5.41, 5.74) is 4.11. The number of hydrogen-bond donors (Lipinski definition) is 0. The van der Waals surface area contributed by atoms with E-state index < -0.39 is 0 Å². The van der Waals surface area contributed by atoms with Crippen LogP contribution in [-0.4, -0.2) is 19.6 Å². The standard InChI is InChI=1S/C13H8N4OS/c1-7-2-3-10-8(4-7)11-9(5-14-10)12(18)17-13(16-11)19-6-15-17/h2-6H,1H3. The largest absolute Gasteiger partial charge is 0.284 e. The van der Waals surface area contributed by atoms with Gasteiger partial charge in [-0.05, 0) is 19.1 Å². The fourth-order valence-electron chi connectivity index (χ4n) is 2.21. The van der Waals surface area contributed by atoms with Crippen molar-refractivity contribution in [2.45, 2.75) is 6.92 Å². The Bertz CT molecular complexity index is 1000. The lowest BCUT2D eigenvalue weighted by atomic mass is 10.1. The van der Waals surface area contributed by atoms with Crippen molar-refractivity contribution in [2.24, 2.45) is 0 Å². The van der Waals surface area contributed by atoms with Gasteiger partial charge in [-0.3, -0.25) is 9.78 Å². The van der Waals surface area contributed by atoms with E-state index in [1.807, 2.05) is 25.1 Å². The van der Waals surface area contributed by atoms with Gasteiger partial charge < -0.3 is 0 Å². The molecule has 0 aliphatic rings. The molecule has 92 valence electrons. The summed E-state index contributed by atoms with van der Waals surface area (Å²) in [6.45, 7) is 2.01. The van der Waals surface area contributed by atoms with Gasteiger partial charge in [-0.15, -0.1) is 0 Å². The minimum absolute atomic E-state index is 0.169. The molecule has 3 aromatic heterocycles. The van der Waals surface area contributed by atoms with Gasteiger partial charge in [0.1, 0.15) is 5.51 Å². The van der Waals surface area contributed by atoms with Gasteiger partial charge in [0.05, 0.1) is 16.4 Å². The highest BCUT2D eigenvalue weighted by Gasteiger charge is 2.11. The average Bonchev–Trinajstić information content (AvgIpc) is 2.87. The van der Waals surface area contributed by atoms with Crippen molar-refractivity contribution < 1.29 is 0 Å². The second-order valence-corrected chi connectivity index (χ2v) is 5.20. The second-order valence-electron chi connectivity index (χ2n) is 4.39. The van der Waals surface area contributed by atoms with E-state index in [0.29, 0.717) is 15.9 Å². The molecule has 0 amide bonds. The predicted octanol–water partition coefficient (Wildman–Crippen LogP) is 2.16. The van der Waals surface area contributed by atoms with Gasteiger partial charge in [-0.1, -0.05) is 23.0 Å². The molecular weight excluding hydrogens is 260 g/mol. The van der Waals surface area contributed by atoms with Crippen molar-refractivity contribution in [2.75, 3.05) is 0 Å². The van der Waals surface area contributed by atoms with Crippen LogP contribution in [0.1, 0.15) is 5.56 Å². The third-order valence-electron chi connectivity index (χ3n) is 3.13. The number of aryl methyl sites for hydroxylation is 1. The normalized spacial score (nSPS) is 11.6. The second kappa shape index (κ2) is 3.58. The molecule has 3 heterocycles. The SMILES string of the molecule is Cc1ccc2ncc3c(=O)n4ncsc4nc3c2c1. The number of fused-ring (bicyclic) bond motifs is 4. The summed E-state index contributed by atoms with van der Waals surface area (Å²) < 4.78 is 1.32. The molecule has 0 saturated carbocycles. The first-order chi connectivity index (χ1) is 9.24. The van der Waals surface area contributed by atoms with Crippen LogP contribution in [0.4, 0.5) is 0 Å². The molecule has 0 N–H and O–H groups in total. The molecule has 1 aromatic carbocycles. The van der Waals surface area contributed by atoms with Crippen molar-refractivity contribution in [3.63, 3.8) is 0 Å². The fourth-order valence-corrected chi connectivity index (χ4v) is 2.82. The van der Waals surface area contributed by atoms with Crippen molar-refractivity contribution in [3.8, 4) is 0 Å². The lowest BCUT2D eigenvalue weighted by molar-refractivity contribution is 0.915. The lowest BCUT2D eigenvalue weighted by Crippen LogP contribution is -2.15. The molecule has 0 aliphatic heterocycles. The topological polar surface area (TPSA) is 60.2 Å². The number of aromatic nitrogens is 4. The summed E-state index contributed by atoms with van der Waals surface area (Å²) >= 11 is 1.35. The molecular formula is C13H8N4OS. The minimum Gasteiger partial charge on any atom is -0.266 e. The first kappa shape index (κ1) is 10.6. The summed E-state index contributed by atoms with van der Waals surface area (Å²) in [4.78, 5) is 21.8. The van der Waals surface area contributed by atoms with Gasteiger partial charge in [-0.2, -0.15) is 9.61 Å². The summed E-state index contributed by atoms with van der Waals surface area (Å²) in [7, 11) is 0. The van der Waals surface area contributed by atoms with Crippen LogP contribution in [0.25, 0.3) is 26.8 Å². The van der Waals surface area contributed by atoms with E-state index in [1.165, 1.54) is 15.9 Å². The highest BCUT2D eigenvalue weighted by atomic mass is 32.1. The van der Waals surface area contributed by atoms with Crippen LogP contribution in [0.2, 0.25) is 0 Å². The number of rotatable bonds is 0. The molecule has 0 fully saturated rings. The van der Waals surface area contributed by atoms with Crippen LogP contribution in [-0.2, 0) is 0 Å². The first-order valence-electron chi connectivity index (χ1n) is 5.76. The van der Waals surface area contributed by atoms with Gasteiger partial charge in [0.2, 0.25) is 4.96 Å². The van der Waals surface area contributed by atoms with Gasteiger partial charge in [-0.25, -0.2) is 4.98 Å². The molecule has 19 heavy (non-hydrogen) atoms. The van der Waals surface area contributed by atoms with E-state index in [2.05, 4.69) is 15.1 Å². The van der Waals surface area contributed by atoms with Gasteiger partial charge in [0.15, 0.2) is 0 Å². The highest BCUT2D eigenvalue weighted by Crippen LogP contribution is 2.22. The zero-order valence-electron chi connectivity index (χ0n) is 9.99. The number of benzene rings is 1. The molecule has 4 aromatic rings. The van der Waals surface area contributed by atoms with E-state index >= 15 is 0 Å². The maximum atomic E-state index is 12.3. The van der Waals surface area contributed by atoms with Crippen molar-refractivity contribution in [1.82, 2.24) is 19.6 Å². The average molecular weight is 268 g/mol. The Hall–Kier alpha value is -2.34. The predicted molar refractivity (Wildman–Crippen MR) is 74.7 cm³/mol. The zero-order valence-corrected chi connectivity index (χ0v) is 10.8. The Morgan fingerprint density at radius 1 is 1.26 bits per heavy atom. The molecule has 0 atom stereocenters. The smallest absolute Gasteiger partial charge is 0.266 e. The Morgan fingerprint density at radius 2 is 2.16 bits per heavy atom. The number of hydrogen-bond acceptors (Lipinski definition) is 5. The molecule has 0 unspecified atom stereocenters. The Balaban J connectivity index is 2.35. The van der Waals surface area contributed by atoms with Crippen molar-refractivity contribution in [1.29, 1.82) is 0 Å². The number of pyridine rings is 1. The molecule has 0 saturated heterocycles. The highest BCUT2D eigenvalue weighted by molar-refractivity contribution is 7.14. The van der Waals surface area contributed by atoms with E-state index in [0.717, 1.165) is 16.5 Å². The molecule has 6 heteroatoms.